The SMILES string of the molecule is CCNC(=NCCCN1CCN(Cc2ccccc2)CC1)N1CCC(C(=O)OCC)CC1. The molecule has 3 rings (SSSR count). The molecular weight excluding hydrogens is 402 g/mol. The third-order valence-electron chi connectivity index (χ3n) is 6.36. The van der Waals surface area contributed by atoms with Crippen molar-refractivity contribution in [3.05, 3.63) is 35.9 Å². The van der Waals surface area contributed by atoms with Crippen LogP contribution >= 0.6 is 0 Å². The summed E-state index contributed by atoms with van der Waals surface area (Å²) in [6, 6.07) is 10.8. The summed E-state index contributed by atoms with van der Waals surface area (Å²) in [6.07, 6.45) is 2.76. The van der Waals surface area contributed by atoms with Gasteiger partial charge in [-0.3, -0.25) is 14.7 Å². The van der Waals surface area contributed by atoms with Gasteiger partial charge in [-0.25, -0.2) is 0 Å². The van der Waals surface area contributed by atoms with E-state index in [4.69, 9.17) is 9.73 Å². The van der Waals surface area contributed by atoms with Crippen molar-refractivity contribution in [1.82, 2.24) is 20.0 Å². The van der Waals surface area contributed by atoms with E-state index in [9.17, 15) is 4.79 Å². The number of likely N-dealkylation sites (tertiary alicyclic amines) is 1. The lowest BCUT2D eigenvalue weighted by Gasteiger charge is -2.35. The molecule has 178 valence electrons. The maximum atomic E-state index is 12.0. The number of hydrogen-bond acceptors (Lipinski definition) is 5. The van der Waals surface area contributed by atoms with Gasteiger partial charge in [-0.05, 0) is 38.7 Å². The first-order valence-corrected chi connectivity index (χ1v) is 12.4. The minimum Gasteiger partial charge on any atom is -0.466 e. The van der Waals surface area contributed by atoms with Gasteiger partial charge in [0, 0.05) is 65.4 Å². The Labute approximate surface area is 193 Å². The molecule has 0 atom stereocenters. The topological polar surface area (TPSA) is 60.4 Å². The molecular formula is C25H41N5O2. The number of aliphatic imine (C=N–C) groups is 1. The molecule has 0 unspecified atom stereocenters. The van der Waals surface area contributed by atoms with Crippen molar-refractivity contribution in [3.8, 4) is 0 Å². The van der Waals surface area contributed by atoms with Crippen LogP contribution in [0, 0.1) is 5.92 Å². The summed E-state index contributed by atoms with van der Waals surface area (Å²) in [4.78, 5) is 24.3. The Morgan fingerprint density at radius 3 is 2.38 bits per heavy atom. The summed E-state index contributed by atoms with van der Waals surface area (Å²) in [7, 11) is 0. The molecule has 7 nitrogen and oxygen atoms in total. The highest BCUT2D eigenvalue weighted by molar-refractivity contribution is 5.80. The Bertz CT molecular complexity index is 696. The molecule has 32 heavy (non-hydrogen) atoms. The molecule has 0 spiro atoms. The van der Waals surface area contributed by atoms with Crippen molar-refractivity contribution in [2.45, 2.75) is 39.7 Å². The van der Waals surface area contributed by atoms with Crippen molar-refractivity contribution >= 4 is 11.9 Å². The van der Waals surface area contributed by atoms with Crippen molar-refractivity contribution < 1.29 is 9.53 Å². The lowest BCUT2D eigenvalue weighted by atomic mass is 9.97. The molecule has 0 bridgehead atoms. The highest BCUT2D eigenvalue weighted by Gasteiger charge is 2.27. The average Bonchev–Trinajstić information content (AvgIpc) is 2.83. The maximum Gasteiger partial charge on any atom is 0.309 e. The minimum atomic E-state index is -0.0436. The Kier molecular flexibility index (Phi) is 10.3. The Balaban J connectivity index is 1.35. The fourth-order valence-electron chi connectivity index (χ4n) is 4.50. The molecule has 2 heterocycles. The normalized spacial score (nSPS) is 19.2. The van der Waals surface area contributed by atoms with E-state index < -0.39 is 0 Å². The number of guanidine groups is 1. The van der Waals surface area contributed by atoms with Gasteiger partial charge in [0.1, 0.15) is 0 Å². The average molecular weight is 444 g/mol. The van der Waals surface area contributed by atoms with Crippen LogP contribution in [-0.4, -0.2) is 92.1 Å². The van der Waals surface area contributed by atoms with Gasteiger partial charge >= 0.3 is 5.97 Å². The molecule has 1 aromatic carbocycles. The Morgan fingerprint density at radius 1 is 1.03 bits per heavy atom. The van der Waals surface area contributed by atoms with E-state index >= 15 is 0 Å². The van der Waals surface area contributed by atoms with Crippen LogP contribution in [0.15, 0.2) is 35.3 Å². The van der Waals surface area contributed by atoms with E-state index in [2.05, 4.69) is 57.3 Å². The summed E-state index contributed by atoms with van der Waals surface area (Å²) >= 11 is 0. The fraction of sp³-hybridized carbons (Fsp3) is 0.680. The highest BCUT2D eigenvalue weighted by atomic mass is 16.5. The molecule has 2 fully saturated rings. The minimum absolute atomic E-state index is 0.0367. The molecule has 0 aliphatic carbocycles. The first-order chi connectivity index (χ1) is 15.7. The Hall–Kier alpha value is -2.12. The number of piperazine rings is 1. The summed E-state index contributed by atoms with van der Waals surface area (Å²) < 4.78 is 5.19. The number of piperidine rings is 1. The zero-order valence-electron chi connectivity index (χ0n) is 20.0. The van der Waals surface area contributed by atoms with E-state index in [0.29, 0.717) is 6.61 Å². The summed E-state index contributed by atoms with van der Waals surface area (Å²) in [5.41, 5.74) is 1.40. The molecule has 2 aliphatic heterocycles. The number of carbonyl (C=O) groups is 1. The van der Waals surface area contributed by atoms with Crippen molar-refractivity contribution in [3.63, 3.8) is 0 Å². The number of carbonyl (C=O) groups excluding carboxylic acids is 1. The van der Waals surface area contributed by atoms with Gasteiger partial charge in [-0.1, -0.05) is 30.3 Å². The van der Waals surface area contributed by atoms with E-state index in [1.165, 1.54) is 5.56 Å². The number of esters is 1. The zero-order chi connectivity index (χ0) is 22.6. The molecule has 1 aromatic rings. The van der Waals surface area contributed by atoms with Crippen LogP contribution in [0.3, 0.4) is 0 Å². The quantitative estimate of drug-likeness (QED) is 0.274. The van der Waals surface area contributed by atoms with Crippen LogP contribution in [-0.2, 0) is 16.1 Å². The first kappa shape index (κ1) is 24.5. The third kappa shape index (κ3) is 7.78. The molecule has 0 saturated carbocycles. The predicted molar refractivity (Wildman–Crippen MR) is 130 cm³/mol. The van der Waals surface area contributed by atoms with Crippen LogP contribution < -0.4 is 5.32 Å². The smallest absolute Gasteiger partial charge is 0.309 e. The number of ether oxygens (including phenoxy) is 1. The van der Waals surface area contributed by atoms with E-state index in [1.54, 1.807) is 0 Å². The number of nitrogens with zero attached hydrogens (tertiary/aromatic N) is 4. The van der Waals surface area contributed by atoms with Gasteiger partial charge in [0.2, 0.25) is 0 Å². The lowest BCUT2D eigenvalue weighted by Crippen LogP contribution is -2.47. The first-order valence-electron chi connectivity index (χ1n) is 12.4. The molecule has 0 radical (unpaired) electrons. The molecule has 7 heteroatoms. The van der Waals surface area contributed by atoms with Crippen molar-refractivity contribution in [1.29, 1.82) is 0 Å². The van der Waals surface area contributed by atoms with Crippen molar-refractivity contribution in [2.75, 3.05) is 65.5 Å². The Morgan fingerprint density at radius 2 is 1.72 bits per heavy atom. The zero-order valence-corrected chi connectivity index (χ0v) is 20.0. The van der Waals surface area contributed by atoms with Gasteiger partial charge in [0.15, 0.2) is 5.96 Å². The molecule has 0 amide bonds. The second-order valence-corrected chi connectivity index (χ2v) is 8.71. The maximum absolute atomic E-state index is 12.0. The third-order valence-corrected chi connectivity index (χ3v) is 6.36. The van der Waals surface area contributed by atoms with Gasteiger partial charge in [-0.2, -0.15) is 0 Å². The van der Waals surface area contributed by atoms with E-state index in [0.717, 1.165) is 90.7 Å². The number of nitrogens with one attached hydrogen (secondary N) is 1. The predicted octanol–water partition coefficient (Wildman–Crippen LogP) is 2.43. The second-order valence-electron chi connectivity index (χ2n) is 8.71. The number of benzene rings is 1. The standard InChI is InChI=1S/C25H41N5O2/c1-3-26-25(30-15-11-23(12-16-30)24(31)32-4-2)27-13-8-14-28-17-19-29(20-18-28)21-22-9-6-5-7-10-22/h5-7,9-10,23H,3-4,8,11-21H2,1-2H3,(H,26,27). The molecule has 0 aromatic heterocycles. The number of hydrogen-bond donors (Lipinski definition) is 1. The highest BCUT2D eigenvalue weighted by Crippen LogP contribution is 2.19. The van der Waals surface area contributed by atoms with Crippen molar-refractivity contribution in [2.24, 2.45) is 10.9 Å². The molecule has 2 saturated heterocycles. The van der Waals surface area contributed by atoms with Gasteiger partial charge in [0.25, 0.3) is 0 Å². The second kappa shape index (κ2) is 13.4. The molecule has 1 N–H and O–H groups in total. The number of rotatable bonds is 9. The van der Waals surface area contributed by atoms with E-state index in [1.807, 2.05) is 6.92 Å². The fourth-order valence-corrected chi connectivity index (χ4v) is 4.50. The monoisotopic (exact) mass is 443 g/mol. The van der Waals surface area contributed by atoms with E-state index in [-0.39, 0.29) is 11.9 Å². The summed E-state index contributed by atoms with van der Waals surface area (Å²) in [5.74, 6) is 0.982. The summed E-state index contributed by atoms with van der Waals surface area (Å²) in [6.45, 7) is 14.6. The largest absolute Gasteiger partial charge is 0.466 e. The van der Waals surface area contributed by atoms with Crippen LogP contribution in [0.5, 0.6) is 0 Å². The van der Waals surface area contributed by atoms with Crippen LogP contribution in [0.1, 0.15) is 38.7 Å². The van der Waals surface area contributed by atoms with Gasteiger partial charge in [0.05, 0.1) is 12.5 Å². The summed E-state index contributed by atoms with van der Waals surface area (Å²) in [5, 5.41) is 3.43. The molecule has 2 aliphatic rings. The van der Waals surface area contributed by atoms with Crippen LogP contribution in [0.4, 0.5) is 0 Å². The van der Waals surface area contributed by atoms with Gasteiger partial charge < -0.3 is 19.9 Å². The van der Waals surface area contributed by atoms with Crippen LogP contribution in [0.2, 0.25) is 0 Å². The van der Waals surface area contributed by atoms with Crippen LogP contribution in [0.25, 0.3) is 0 Å². The lowest BCUT2D eigenvalue weighted by molar-refractivity contribution is -0.149. The van der Waals surface area contributed by atoms with Gasteiger partial charge in [-0.15, -0.1) is 0 Å².